The van der Waals surface area contributed by atoms with Gasteiger partial charge < -0.3 is 33.8 Å². The zero-order chi connectivity index (χ0) is 65.4. The van der Waals surface area contributed by atoms with E-state index in [2.05, 4.69) is 55.4 Å². The number of phosphoric ester groups is 2. The van der Waals surface area contributed by atoms with Gasteiger partial charge in [0.2, 0.25) is 0 Å². The maximum Gasteiger partial charge on any atom is 0.472 e. The smallest absolute Gasteiger partial charge is 0.462 e. The number of ether oxygens (including phenoxy) is 4. The van der Waals surface area contributed by atoms with Crippen molar-refractivity contribution in [3.63, 3.8) is 0 Å². The Morgan fingerprint density at radius 3 is 0.705 bits per heavy atom. The maximum atomic E-state index is 13.0. The number of aliphatic hydroxyl groups excluding tert-OH is 1. The quantitative estimate of drug-likeness (QED) is 0.0222. The molecule has 0 aliphatic rings. The van der Waals surface area contributed by atoms with Crippen molar-refractivity contribution in [3.8, 4) is 0 Å². The molecule has 0 radical (unpaired) electrons. The second kappa shape index (κ2) is 58.8. The van der Waals surface area contributed by atoms with E-state index in [0.717, 1.165) is 108 Å². The van der Waals surface area contributed by atoms with E-state index in [0.29, 0.717) is 37.5 Å². The summed E-state index contributed by atoms with van der Waals surface area (Å²) in [5.74, 6) is 0.789. The lowest BCUT2D eigenvalue weighted by molar-refractivity contribution is -0.161. The van der Waals surface area contributed by atoms with Crippen LogP contribution in [0.5, 0.6) is 0 Å². The molecule has 0 fully saturated rings. The van der Waals surface area contributed by atoms with Crippen molar-refractivity contribution >= 4 is 39.5 Å². The van der Waals surface area contributed by atoms with Gasteiger partial charge in [-0.05, 0) is 49.4 Å². The summed E-state index contributed by atoms with van der Waals surface area (Å²) in [6.07, 6.45) is 40.5. The third kappa shape index (κ3) is 62.8. The summed E-state index contributed by atoms with van der Waals surface area (Å²) in [6.45, 7) is 14.0. The van der Waals surface area contributed by atoms with E-state index in [1.807, 2.05) is 0 Å². The molecule has 522 valence electrons. The molecule has 0 aromatic rings. The highest BCUT2D eigenvalue weighted by Gasteiger charge is 2.30. The number of aliphatic hydroxyl groups is 1. The molecule has 88 heavy (non-hydrogen) atoms. The van der Waals surface area contributed by atoms with Crippen LogP contribution in [0.1, 0.15) is 338 Å². The first-order valence-electron chi connectivity index (χ1n) is 35.7. The molecule has 0 amide bonds. The third-order valence-corrected chi connectivity index (χ3v) is 17.7. The zero-order valence-electron chi connectivity index (χ0n) is 57.3. The number of rotatable bonds is 66. The van der Waals surface area contributed by atoms with Gasteiger partial charge in [-0.25, -0.2) is 9.13 Å². The third-order valence-electron chi connectivity index (χ3n) is 15.8. The summed E-state index contributed by atoms with van der Waals surface area (Å²) in [6, 6.07) is 0. The van der Waals surface area contributed by atoms with Crippen molar-refractivity contribution in [1.29, 1.82) is 0 Å². The number of hydrogen-bond donors (Lipinski definition) is 3. The predicted octanol–water partition coefficient (Wildman–Crippen LogP) is 19.3. The van der Waals surface area contributed by atoms with Crippen molar-refractivity contribution in [2.75, 3.05) is 39.6 Å². The molecule has 0 aromatic carbocycles. The Hall–Kier alpha value is -1.94. The van der Waals surface area contributed by atoms with Crippen molar-refractivity contribution in [1.82, 2.24) is 0 Å². The highest BCUT2D eigenvalue weighted by molar-refractivity contribution is 7.47. The molecule has 19 heteroatoms. The van der Waals surface area contributed by atoms with Gasteiger partial charge in [-0.15, -0.1) is 0 Å². The van der Waals surface area contributed by atoms with Gasteiger partial charge in [0.25, 0.3) is 0 Å². The SMILES string of the molecule is CC(C)CCCCCCCCCCCCCCC(=O)O[C@H](COC(=O)CCCCCCCCC(C)C)COP(=O)(O)OC[C@H](O)COP(=O)(O)OC[C@@H](COC(=O)CCCCCCCCCCCCCC(C)C)OC(=O)CCCCCCCCCC(C)C. The highest BCUT2D eigenvalue weighted by Crippen LogP contribution is 2.45. The first-order valence-corrected chi connectivity index (χ1v) is 38.7. The zero-order valence-corrected chi connectivity index (χ0v) is 59.1. The average molecular weight is 1300 g/mol. The van der Waals surface area contributed by atoms with Gasteiger partial charge in [-0.1, -0.05) is 287 Å². The molecule has 0 heterocycles. The largest absolute Gasteiger partial charge is 0.472 e. The second-order valence-corrected chi connectivity index (χ2v) is 29.7. The standard InChI is InChI=1S/C69H134O17P2/c1-59(2)45-37-29-21-16-12-9-10-14-19-25-35-43-51-68(73)85-65(56-80-67(72)50-42-34-28-27-32-40-48-62(7)8)58-84-88(77,78)82-54-63(70)53-81-87(75,76)83-57-64(86-69(74)52-44-36-26-20-23-31-39-47-61(5)6)55-79-66(71)49-41-33-24-18-15-11-13-17-22-30-38-46-60(3)4/h59-65,70H,9-58H2,1-8H3,(H,75,76)(H,77,78)/t63-,64-,65-/m1/s1. The minimum absolute atomic E-state index is 0.103. The molecule has 2 unspecified atom stereocenters. The number of unbranched alkanes of at least 4 members (excludes halogenated alkanes) is 32. The molecule has 0 aliphatic carbocycles. The Morgan fingerprint density at radius 2 is 0.477 bits per heavy atom. The van der Waals surface area contributed by atoms with E-state index >= 15 is 0 Å². The molecule has 17 nitrogen and oxygen atoms in total. The van der Waals surface area contributed by atoms with Gasteiger partial charge in [0.15, 0.2) is 12.2 Å². The molecule has 0 aromatic heterocycles. The van der Waals surface area contributed by atoms with Crippen LogP contribution in [0.3, 0.4) is 0 Å². The van der Waals surface area contributed by atoms with Gasteiger partial charge in [-0.3, -0.25) is 37.3 Å². The average Bonchev–Trinajstić information content (AvgIpc) is 3.56. The van der Waals surface area contributed by atoms with Crippen molar-refractivity contribution in [2.45, 2.75) is 356 Å². The lowest BCUT2D eigenvalue weighted by atomic mass is 10.0. The topological polar surface area (TPSA) is 237 Å². The van der Waals surface area contributed by atoms with Crippen LogP contribution in [0.4, 0.5) is 0 Å². The van der Waals surface area contributed by atoms with Crippen molar-refractivity contribution in [3.05, 3.63) is 0 Å². The molecular formula is C69H134O17P2. The van der Waals surface area contributed by atoms with Crippen LogP contribution in [0, 0.1) is 23.7 Å². The summed E-state index contributed by atoms with van der Waals surface area (Å²) in [7, 11) is -9.90. The van der Waals surface area contributed by atoms with E-state index in [1.54, 1.807) is 0 Å². The van der Waals surface area contributed by atoms with Crippen LogP contribution >= 0.6 is 15.6 Å². The van der Waals surface area contributed by atoms with E-state index < -0.39 is 97.5 Å². The maximum absolute atomic E-state index is 13.0. The molecule has 0 rings (SSSR count). The van der Waals surface area contributed by atoms with Crippen molar-refractivity contribution in [2.24, 2.45) is 23.7 Å². The molecule has 0 aliphatic heterocycles. The molecule has 0 saturated carbocycles. The van der Waals surface area contributed by atoms with Gasteiger partial charge >= 0.3 is 39.5 Å². The summed E-state index contributed by atoms with van der Waals surface area (Å²) in [4.78, 5) is 72.4. The second-order valence-electron chi connectivity index (χ2n) is 26.8. The Labute approximate surface area is 537 Å². The first kappa shape index (κ1) is 86.1. The molecule has 0 spiro atoms. The van der Waals surface area contributed by atoms with Gasteiger partial charge in [-0.2, -0.15) is 0 Å². The molecule has 0 saturated heterocycles. The van der Waals surface area contributed by atoms with Gasteiger partial charge in [0, 0.05) is 25.7 Å². The monoisotopic (exact) mass is 1300 g/mol. The Bertz CT molecular complexity index is 1720. The minimum atomic E-state index is -4.95. The fraction of sp³-hybridized carbons (Fsp3) is 0.942. The van der Waals surface area contributed by atoms with E-state index in [4.69, 9.17) is 37.0 Å². The van der Waals surface area contributed by atoms with E-state index in [-0.39, 0.29) is 25.7 Å². The normalized spacial score (nSPS) is 14.3. The number of carbonyl (C=O) groups is 4. The highest BCUT2D eigenvalue weighted by atomic mass is 31.2. The molecule has 0 bridgehead atoms. The Balaban J connectivity index is 5.22. The lowest BCUT2D eigenvalue weighted by Crippen LogP contribution is -2.30. The molecule has 5 atom stereocenters. The van der Waals surface area contributed by atoms with Crippen LogP contribution in [0.25, 0.3) is 0 Å². The summed E-state index contributed by atoms with van der Waals surface area (Å²) in [5.41, 5.74) is 0. The van der Waals surface area contributed by atoms with Crippen LogP contribution in [-0.4, -0.2) is 96.7 Å². The Morgan fingerprint density at radius 1 is 0.284 bits per heavy atom. The molecular weight excluding hydrogens is 1160 g/mol. The first-order chi connectivity index (χ1) is 42.1. The summed E-state index contributed by atoms with van der Waals surface area (Å²) in [5, 5.41) is 10.6. The summed E-state index contributed by atoms with van der Waals surface area (Å²) >= 11 is 0. The molecule has 3 N–H and O–H groups in total. The minimum Gasteiger partial charge on any atom is -0.462 e. The summed E-state index contributed by atoms with van der Waals surface area (Å²) < 4.78 is 68.2. The number of phosphoric acid groups is 2. The van der Waals surface area contributed by atoms with Crippen LogP contribution in [0.2, 0.25) is 0 Å². The van der Waals surface area contributed by atoms with E-state index in [9.17, 15) is 43.2 Å². The predicted molar refractivity (Wildman–Crippen MR) is 354 cm³/mol. The number of hydrogen-bond acceptors (Lipinski definition) is 15. The van der Waals surface area contributed by atoms with Gasteiger partial charge in [0.05, 0.1) is 26.4 Å². The van der Waals surface area contributed by atoms with Crippen LogP contribution in [0.15, 0.2) is 0 Å². The Kier molecular flexibility index (Phi) is 57.6. The van der Waals surface area contributed by atoms with Crippen LogP contribution < -0.4 is 0 Å². The van der Waals surface area contributed by atoms with Crippen LogP contribution in [-0.2, 0) is 65.4 Å². The van der Waals surface area contributed by atoms with Crippen molar-refractivity contribution < 1.29 is 80.2 Å². The number of esters is 4. The number of carbonyl (C=O) groups excluding carboxylic acids is 4. The lowest BCUT2D eigenvalue weighted by Gasteiger charge is -2.21. The fourth-order valence-electron chi connectivity index (χ4n) is 10.3. The fourth-order valence-corrected chi connectivity index (χ4v) is 11.9. The van der Waals surface area contributed by atoms with E-state index in [1.165, 1.54) is 135 Å². The van der Waals surface area contributed by atoms with Gasteiger partial charge in [0.1, 0.15) is 19.3 Å².